The SMILES string of the molecule is S.[2H]POP1(=O)OC[C@H]2O[C@@H](n3cc(C(N)=S)c4c(N)ncnc43)[C@](C)(O)[C@@H]2O1.[2H]POP1(=O)OC[C@H]2O[C@@H](n3cc([N+]#[C-])c4c(N)ncnc43)[C@](C)(O)[C@@H]2O1. The third kappa shape index (κ3) is 6.73. The van der Waals surface area contributed by atoms with E-state index in [2.05, 4.69) is 24.8 Å². The third-order valence-electron chi connectivity index (χ3n) is 9.09. The summed E-state index contributed by atoms with van der Waals surface area (Å²) in [7, 11) is -9.62. The van der Waals surface area contributed by atoms with Crippen LogP contribution in [-0.2, 0) is 45.3 Å². The molecule has 22 nitrogen and oxygen atoms in total. The van der Waals surface area contributed by atoms with Crippen LogP contribution in [0, 0.1) is 6.57 Å². The van der Waals surface area contributed by atoms with Gasteiger partial charge >= 0.3 is 15.6 Å². The fraction of sp³-hybridized carbons (Fsp3) is 0.462. The van der Waals surface area contributed by atoms with Crippen molar-refractivity contribution in [3.05, 3.63) is 42.0 Å². The predicted octanol–water partition coefficient (Wildman–Crippen LogP) is 2.28. The van der Waals surface area contributed by atoms with Gasteiger partial charge in [0, 0.05) is 36.8 Å². The molecule has 4 fully saturated rings. The zero-order valence-corrected chi connectivity index (χ0v) is 33.4. The summed E-state index contributed by atoms with van der Waals surface area (Å²) in [5.74, 6) is 0.309. The van der Waals surface area contributed by atoms with Gasteiger partial charge in [0.1, 0.15) is 76.2 Å². The number of nitrogen functional groups attached to an aromatic ring is 2. The molecule has 0 saturated carbocycles. The maximum absolute atomic E-state index is 12.4. The van der Waals surface area contributed by atoms with Crippen molar-refractivity contribution in [1.82, 2.24) is 29.1 Å². The number of anilines is 2. The van der Waals surface area contributed by atoms with Crippen LogP contribution in [0.3, 0.4) is 0 Å². The molecule has 0 aromatic carbocycles. The Morgan fingerprint density at radius 3 is 1.87 bits per heavy atom. The topological polar surface area (TPSA) is 292 Å². The van der Waals surface area contributed by atoms with Crippen LogP contribution < -0.4 is 17.2 Å². The Hall–Kier alpha value is -2.51. The Morgan fingerprint density at radius 1 is 0.944 bits per heavy atom. The van der Waals surface area contributed by atoms with Crippen molar-refractivity contribution in [2.75, 3.05) is 24.7 Å². The lowest BCUT2D eigenvalue weighted by atomic mass is 9.96. The molecule has 292 valence electrons. The van der Waals surface area contributed by atoms with E-state index in [-0.39, 0.29) is 49.0 Å². The molecule has 12 atom stereocenters. The first-order chi connectivity index (χ1) is 26.0. The molecule has 28 heteroatoms. The van der Waals surface area contributed by atoms with Crippen molar-refractivity contribution in [1.29, 1.82) is 2.56 Å². The molecule has 4 unspecified atom stereocenters. The summed E-state index contributed by atoms with van der Waals surface area (Å²) < 4.78 is 84.4. The number of ether oxygens (including phenoxy) is 2. The van der Waals surface area contributed by atoms with Gasteiger partial charge in [-0.2, -0.15) is 13.5 Å². The summed E-state index contributed by atoms with van der Waals surface area (Å²) in [5.41, 5.74) is 15.6. The van der Waals surface area contributed by atoms with E-state index in [1.165, 1.54) is 41.8 Å². The van der Waals surface area contributed by atoms with Crippen molar-refractivity contribution in [2.45, 2.75) is 61.9 Å². The second kappa shape index (κ2) is 14.8. The summed E-state index contributed by atoms with van der Waals surface area (Å²) in [4.78, 5) is 19.7. The average molecular weight is 869 g/mol. The fourth-order valence-electron chi connectivity index (χ4n) is 6.67. The Bertz CT molecular complexity index is 2320. The van der Waals surface area contributed by atoms with Gasteiger partial charge in [0.2, 0.25) is 5.69 Å². The monoisotopic (exact) mass is 868 g/mol. The standard InChI is InChI=1S/C13H17N5O6P2S.C13H15N5O6P2.H2S/c1-13(19)8-6(3-21-26(20,23-8)24-25)22-12(13)18-2-5(10(15)27)7-9(14)16-4-17-11(7)18;1-13(19)9-7(4-21-26(20,23-9)24-25)22-12(13)18-3-6(15-2)8-10(14)16-5-17-11(8)18;/h2,4,6,8,12,19H,3,25H2,1H3,(H2,15,27)(H2,14,16,17);3,5,7,9,12,19H,4,25H2,1H3,(H2,14,16,17);1H2/t6-,8-,12-,13-,26?;7-,9-,12-,13-,26?;/m11./s1/i2*25D;/t6-,8-,12-,13-,25?,26?;7-,9-,12-,13-,25?,26?;. The van der Waals surface area contributed by atoms with Crippen molar-refractivity contribution in [3.8, 4) is 0 Å². The van der Waals surface area contributed by atoms with Crippen LogP contribution in [-0.4, -0.2) is 95.7 Å². The van der Waals surface area contributed by atoms with Gasteiger partial charge in [-0.1, -0.05) is 12.2 Å². The van der Waals surface area contributed by atoms with Gasteiger partial charge in [0.15, 0.2) is 12.5 Å². The molecule has 0 bridgehead atoms. The van der Waals surface area contributed by atoms with Gasteiger partial charge < -0.3 is 46.0 Å². The minimum Gasteiger partial charge on any atom is -0.389 e. The minimum absolute atomic E-state index is 0. The van der Waals surface area contributed by atoms with Crippen LogP contribution >= 0.6 is 60.2 Å². The molecule has 54 heavy (non-hydrogen) atoms. The highest BCUT2D eigenvalue weighted by Gasteiger charge is 2.61. The third-order valence-corrected chi connectivity index (χ3v) is 13.0. The second-order valence-corrected chi connectivity index (χ2v) is 17.1. The van der Waals surface area contributed by atoms with Crippen molar-refractivity contribution in [3.63, 3.8) is 0 Å². The number of rotatable bonds is 7. The van der Waals surface area contributed by atoms with Gasteiger partial charge in [-0.25, -0.2) is 33.9 Å². The largest absolute Gasteiger partial charge is 0.478 e. The van der Waals surface area contributed by atoms with E-state index in [1.54, 1.807) is 6.20 Å². The maximum atomic E-state index is 12.4. The van der Waals surface area contributed by atoms with E-state index in [0.29, 0.717) is 27.6 Å². The Labute approximate surface area is 325 Å². The normalized spacial score (nSPS) is 36.6. The number of phosphoric acid groups is 2. The number of nitrogens with zero attached hydrogens (tertiary/aromatic N) is 7. The highest BCUT2D eigenvalue weighted by Crippen LogP contribution is 2.61. The number of thiocarbonyl (C=S) groups is 1. The van der Waals surface area contributed by atoms with Crippen LogP contribution in [0.25, 0.3) is 26.9 Å². The number of hydrogen-bond donors (Lipinski definition) is 5. The van der Waals surface area contributed by atoms with E-state index in [0.717, 1.165) is 0 Å². The zero-order valence-electron chi connectivity index (χ0n) is 29.8. The van der Waals surface area contributed by atoms with Gasteiger partial charge in [0.25, 0.3) is 0 Å². The molecule has 4 aromatic rings. The summed E-state index contributed by atoms with van der Waals surface area (Å²) in [6.07, 6.45) is -0.0186. The van der Waals surface area contributed by atoms with Gasteiger partial charge in [-0.15, -0.1) is 0 Å². The molecule has 4 saturated heterocycles. The smallest absolute Gasteiger partial charge is 0.389 e. The summed E-state index contributed by atoms with van der Waals surface area (Å²) >= 11 is 5.09. The molecule has 8 heterocycles. The molecule has 0 radical (unpaired) electrons. The van der Waals surface area contributed by atoms with E-state index < -0.39 is 82.5 Å². The number of hydrogen-bond acceptors (Lipinski definition) is 19. The molecule has 4 aromatic heterocycles. The molecule has 4 aliphatic heterocycles. The second-order valence-electron chi connectivity index (χ2n) is 12.5. The van der Waals surface area contributed by atoms with E-state index >= 15 is 0 Å². The minimum atomic E-state index is -3.96. The van der Waals surface area contributed by atoms with Crippen LogP contribution in [0.4, 0.5) is 17.3 Å². The van der Waals surface area contributed by atoms with Crippen molar-refractivity contribution < 1.29 is 55.5 Å². The average Bonchev–Trinajstić information content (AvgIpc) is 3.84. The van der Waals surface area contributed by atoms with Crippen LogP contribution in [0.5, 0.6) is 0 Å². The lowest BCUT2D eigenvalue weighted by Gasteiger charge is -2.34. The molecule has 8 N–H and O–H groups in total. The first-order valence-electron chi connectivity index (χ1n) is 16.2. The Kier molecular flexibility index (Phi) is 10.5. The van der Waals surface area contributed by atoms with E-state index in [1.807, 2.05) is 0 Å². The highest BCUT2D eigenvalue weighted by molar-refractivity contribution is 7.80. The number of aromatic nitrogens is 6. The van der Waals surface area contributed by atoms with Crippen molar-refractivity contribution >= 4 is 105 Å². The number of nitrogens with two attached hydrogens (primary N) is 3. The molecular weight excluding hydrogens is 832 g/mol. The Morgan fingerprint density at radius 2 is 1.41 bits per heavy atom. The number of fused-ring (bicyclic) bond motifs is 4. The molecule has 8 rings (SSSR count). The number of aliphatic hydroxyl groups is 2. The first-order valence-corrected chi connectivity index (χ1v) is 19.3. The fourth-order valence-corrected chi connectivity index (χ4v) is 9.63. The zero-order chi connectivity index (χ0) is 39.7. The predicted molar refractivity (Wildman–Crippen MR) is 204 cm³/mol. The Balaban J connectivity index is 0.000000187. The molecule has 0 amide bonds. The molecule has 0 aliphatic carbocycles. The molecule has 0 spiro atoms. The van der Waals surface area contributed by atoms with Crippen LogP contribution in [0.2, 0.25) is 0 Å². The van der Waals surface area contributed by atoms with Gasteiger partial charge in [-0.05, 0) is 13.8 Å². The quantitative estimate of drug-likeness (QED) is 0.101. The van der Waals surface area contributed by atoms with Crippen LogP contribution in [0.1, 0.15) is 31.9 Å². The molecular formula is C26H34N10O12P4S2. The van der Waals surface area contributed by atoms with E-state index in [4.69, 9.17) is 74.7 Å². The van der Waals surface area contributed by atoms with Gasteiger partial charge in [-0.3, -0.25) is 26.7 Å². The number of phosphoric ester groups is 2. The van der Waals surface area contributed by atoms with E-state index in [9.17, 15) is 19.3 Å². The van der Waals surface area contributed by atoms with Crippen molar-refractivity contribution in [2.24, 2.45) is 5.73 Å². The maximum Gasteiger partial charge on any atom is 0.478 e. The first kappa shape index (κ1) is 38.4. The summed E-state index contributed by atoms with van der Waals surface area (Å²) in [6.45, 7) is 9.98. The highest BCUT2D eigenvalue weighted by atomic mass is 32.1. The van der Waals surface area contributed by atoms with Crippen LogP contribution in [0.15, 0.2) is 25.0 Å². The lowest BCUT2D eigenvalue weighted by Crippen LogP contribution is -2.47. The molecule has 4 aliphatic rings. The van der Waals surface area contributed by atoms with Gasteiger partial charge in [0.05, 0.1) is 33.1 Å². The summed E-state index contributed by atoms with van der Waals surface area (Å²) in [6, 6.07) is 0. The summed E-state index contributed by atoms with van der Waals surface area (Å²) in [5, 5.41) is 23.1. The lowest BCUT2D eigenvalue weighted by molar-refractivity contribution is -0.0894.